The summed E-state index contributed by atoms with van der Waals surface area (Å²) in [6, 6.07) is 8.07. The summed E-state index contributed by atoms with van der Waals surface area (Å²) in [6.07, 6.45) is 3.91. The fourth-order valence-electron chi connectivity index (χ4n) is 9.33. The Morgan fingerprint density at radius 2 is 1.62 bits per heavy atom. The van der Waals surface area contributed by atoms with Crippen molar-refractivity contribution in [3.63, 3.8) is 0 Å². The monoisotopic (exact) mass is 569 g/mol. The summed E-state index contributed by atoms with van der Waals surface area (Å²) in [6.45, 7) is 0.473. The number of nitrogens with zero attached hydrogens (tertiary/aromatic N) is 1. The van der Waals surface area contributed by atoms with E-state index in [0.29, 0.717) is 35.1 Å². The maximum Gasteiger partial charge on any atom is 0.329 e. The molecule has 0 spiro atoms. The van der Waals surface area contributed by atoms with E-state index < -0.39 is 52.1 Å². The molecule has 2 aromatic carbocycles. The third-order valence-electron chi connectivity index (χ3n) is 10.5. The smallest absolute Gasteiger partial charge is 0.329 e. The van der Waals surface area contributed by atoms with Crippen molar-refractivity contribution >= 4 is 32.8 Å². The van der Waals surface area contributed by atoms with Gasteiger partial charge in [-0.05, 0) is 91.3 Å². The van der Waals surface area contributed by atoms with Crippen molar-refractivity contribution < 1.29 is 41.9 Å². The lowest BCUT2D eigenvalue weighted by atomic mass is 9.49. The largest absolute Gasteiger partial charge is 0.443 e. The van der Waals surface area contributed by atoms with Crippen LogP contribution in [0.2, 0.25) is 0 Å². The SMILES string of the molecule is O=C(Oc1ccc2cc(S(=O)(=O)O)ccc2c1)C1C2C(O)OC3C2CN1C3OC(=O)C12CC3CC(CC(C3)C1)C2. The number of benzene rings is 2. The van der Waals surface area contributed by atoms with Gasteiger partial charge in [-0.25, -0.2) is 4.79 Å². The number of fused-ring (bicyclic) bond motifs is 2. The highest BCUT2D eigenvalue weighted by Gasteiger charge is 2.69. The van der Waals surface area contributed by atoms with Gasteiger partial charge >= 0.3 is 11.9 Å². The van der Waals surface area contributed by atoms with E-state index in [0.717, 1.165) is 19.3 Å². The highest BCUT2D eigenvalue weighted by molar-refractivity contribution is 7.85. The van der Waals surface area contributed by atoms with E-state index in [4.69, 9.17) is 14.2 Å². The first-order valence-electron chi connectivity index (χ1n) is 14.1. The summed E-state index contributed by atoms with van der Waals surface area (Å²) in [5.74, 6) is 0.666. The molecule has 9 rings (SSSR count). The molecule has 0 aromatic heterocycles. The van der Waals surface area contributed by atoms with Crippen molar-refractivity contribution in [2.45, 2.75) is 68.1 Å². The Bertz CT molecular complexity index is 1500. The van der Waals surface area contributed by atoms with Gasteiger partial charge in [0.1, 0.15) is 17.9 Å². The van der Waals surface area contributed by atoms with Crippen LogP contribution in [-0.4, -0.2) is 66.1 Å². The van der Waals surface area contributed by atoms with Crippen molar-refractivity contribution in [1.29, 1.82) is 0 Å². The van der Waals surface area contributed by atoms with Gasteiger partial charge < -0.3 is 19.3 Å². The molecule has 3 saturated heterocycles. The predicted molar refractivity (Wildman–Crippen MR) is 138 cm³/mol. The lowest BCUT2D eigenvalue weighted by molar-refractivity contribution is -0.198. The number of rotatable bonds is 5. The Hall–Kier alpha value is -2.57. The maximum atomic E-state index is 13.7. The third kappa shape index (κ3) is 3.71. The van der Waals surface area contributed by atoms with E-state index in [1.165, 1.54) is 37.5 Å². The number of aliphatic hydroxyl groups excluding tert-OH is 1. The predicted octanol–water partition coefficient (Wildman–Crippen LogP) is 2.72. The zero-order chi connectivity index (χ0) is 27.6. The fraction of sp³-hybridized carbons (Fsp3) is 0.586. The molecule has 7 aliphatic rings. The lowest BCUT2D eigenvalue weighted by Crippen LogP contribution is -2.56. The number of hydrogen-bond donors (Lipinski definition) is 2. The van der Waals surface area contributed by atoms with Crippen LogP contribution in [-0.2, 0) is 29.2 Å². The van der Waals surface area contributed by atoms with Crippen molar-refractivity contribution in [2.24, 2.45) is 35.0 Å². The van der Waals surface area contributed by atoms with Crippen LogP contribution in [0.3, 0.4) is 0 Å². The molecule has 4 saturated carbocycles. The van der Waals surface area contributed by atoms with Gasteiger partial charge in [-0.15, -0.1) is 0 Å². The Labute approximate surface area is 231 Å². The highest BCUT2D eigenvalue weighted by atomic mass is 32.2. The second-order valence-corrected chi connectivity index (χ2v) is 14.4. The van der Waals surface area contributed by atoms with Crippen LogP contribution in [0.5, 0.6) is 5.75 Å². The topological polar surface area (TPSA) is 140 Å². The van der Waals surface area contributed by atoms with Gasteiger partial charge in [-0.2, -0.15) is 8.42 Å². The molecule has 4 aliphatic carbocycles. The van der Waals surface area contributed by atoms with E-state index in [1.54, 1.807) is 18.2 Å². The number of aliphatic hydroxyl groups is 1. The van der Waals surface area contributed by atoms with E-state index in [9.17, 15) is 27.7 Å². The zero-order valence-corrected chi connectivity index (χ0v) is 22.5. The highest BCUT2D eigenvalue weighted by Crippen LogP contribution is 2.61. The van der Waals surface area contributed by atoms with Crippen molar-refractivity contribution in [3.8, 4) is 5.75 Å². The van der Waals surface area contributed by atoms with Gasteiger partial charge in [0, 0.05) is 18.4 Å². The standard InChI is InChI=1S/C29H31NO9S/c31-26-22-21-13-30(23(22)27(32)37-19-3-1-18-9-20(40(34,35)36)4-2-17(18)8-19)25(24(21)38-26)39-28(33)29-10-14-5-15(11-29)7-16(6-14)12-29/h1-4,8-9,14-16,21-26,31H,5-7,10-13H2,(H,34,35,36). The number of hydrogen-bond acceptors (Lipinski definition) is 9. The first kappa shape index (κ1) is 25.2. The Morgan fingerprint density at radius 1 is 0.975 bits per heavy atom. The molecule has 0 amide bonds. The van der Waals surface area contributed by atoms with Gasteiger partial charge in [0.2, 0.25) is 0 Å². The van der Waals surface area contributed by atoms with Crippen LogP contribution >= 0.6 is 0 Å². The average Bonchev–Trinajstić information content (AvgIpc) is 3.51. The number of esters is 2. The van der Waals surface area contributed by atoms with E-state index in [2.05, 4.69) is 0 Å². The van der Waals surface area contributed by atoms with Gasteiger partial charge in [0.25, 0.3) is 10.1 Å². The molecular formula is C29H31NO9S. The van der Waals surface area contributed by atoms with Gasteiger partial charge in [0.15, 0.2) is 12.5 Å². The first-order valence-corrected chi connectivity index (χ1v) is 15.6. The maximum absolute atomic E-state index is 13.7. The van der Waals surface area contributed by atoms with Crippen molar-refractivity contribution in [2.75, 3.05) is 6.54 Å². The number of piperidine rings is 1. The molecule has 7 atom stereocenters. The molecule has 6 bridgehead atoms. The Kier molecular flexibility index (Phi) is 5.34. The quantitative estimate of drug-likeness (QED) is 0.314. The molecule has 7 fully saturated rings. The van der Waals surface area contributed by atoms with Gasteiger partial charge in [-0.1, -0.05) is 12.1 Å². The lowest BCUT2D eigenvalue weighted by Gasteiger charge is -2.55. The minimum atomic E-state index is -4.34. The molecule has 7 unspecified atom stereocenters. The fourth-order valence-corrected chi connectivity index (χ4v) is 9.85. The van der Waals surface area contributed by atoms with Crippen LogP contribution < -0.4 is 4.74 Å². The molecule has 2 aromatic rings. The van der Waals surface area contributed by atoms with Crippen LogP contribution in [0.15, 0.2) is 41.3 Å². The molecular weight excluding hydrogens is 538 g/mol. The molecule has 40 heavy (non-hydrogen) atoms. The Morgan fingerprint density at radius 3 is 2.30 bits per heavy atom. The summed E-state index contributed by atoms with van der Waals surface area (Å²) in [5, 5.41) is 11.9. The third-order valence-corrected chi connectivity index (χ3v) is 11.4. The van der Waals surface area contributed by atoms with E-state index in [-0.39, 0.29) is 22.5 Å². The number of carbonyl (C=O) groups excluding carboxylic acids is 2. The summed E-state index contributed by atoms with van der Waals surface area (Å²) in [7, 11) is -4.34. The number of ether oxygens (including phenoxy) is 3. The van der Waals surface area contributed by atoms with Gasteiger partial charge in [0.05, 0.1) is 10.3 Å². The molecule has 10 nitrogen and oxygen atoms in total. The van der Waals surface area contributed by atoms with Crippen molar-refractivity contribution in [3.05, 3.63) is 36.4 Å². The molecule has 212 valence electrons. The minimum Gasteiger partial charge on any atom is -0.443 e. The average molecular weight is 570 g/mol. The second kappa shape index (κ2) is 8.48. The van der Waals surface area contributed by atoms with E-state index in [1.807, 2.05) is 4.90 Å². The van der Waals surface area contributed by atoms with Gasteiger partial charge in [-0.3, -0.25) is 14.2 Å². The molecule has 3 aliphatic heterocycles. The molecule has 11 heteroatoms. The second-order valence-electron chi connectivity index (χ2n) is 12.9. The molecule has 3 heterocycles. The molecule has 2 N–H and O–H groups in total. The van der Waals surface area contributed by atoms with E-state index >= 15 is 0 Å². The normalized spacial score (nSPS) is 42.5. The van der Waals surface area contributed by atoms with Crippen LogP contribution in [0.25, 0.3) is 10.8 Å². The minimum absolute atomic E-state index is 0.142. The summed E-state index contributed by atoms with van der Waals surface area (Å²) in [4.78, 5) is 28.9. The summed E-state index contributed by atoms with van der Waals surface area (Å²) in [5.41, 5.74) is -0.440. The zero-order valence-electron chi connectivity index (χ0n) is 21.7. The number of carbonyl (C=O) groups is 2. The van der Waals surface area contributed by atoms with Crippen LogP contribution in [0.4, 0.5) is 0 Å². The first-order chi connectivity index (χ1) is 19.1. The van der Waals surface area contributed by atoms with Crippen LogP contribution in [0.1, 0.15) is 38.5 Å². The summed E-state index contributed by atoms with van der Waals surface area (Å²) >= 11 is 0. The Balaban J connectivity index is 1.02. The van der Waals surface area contributed by atoms with Crippen molar-refractivity contribution in [1.82, 2.24) is 4.90 Å². The summed E-state index contributed by atoms with van der Waals surface area (Å²) < 4.78 is 50.0. The molecule has 0 radical (unpaired) electrons. The van der Waals surface area contributed by atoms with Crippen LogP contribution in [0, 0.1) is 35.0 Å².